The van der Waals surface area contributed by atoms with Gasteiger partial charge in [0.1, 0.15) is 0 Å². The Hall–Kier alpha value is -2.91. The van der Waals surface area contributed by atoms with Gasteiger partial charge in [-0.3, -0.25) is 9.59 Å². The number of imide groups is 1. The lowest BCUT2D eigenvalue weighted by Crippen LogP contribution is -2.29. The van der Waals surface area contributed by atoms with Crippen LogP contribution in [0.4, 0.5) is 5.69 Å². The predicted molar refractivity (Wildman–Crippen MR) is 88.5 cm³/mol. The fourth-order valence-corrected chi connectivity index (χ4v) is 3.18. The molecule has 2 aromatic carbocycles. The van der Waals surface area contributed by atoms with Gasteiger partial charge in [-0.25, -0.2) is 18.5 Å². The van der Waals surface area contributed by atoms with Gasteiger partial charge in [-0.05, 0) is 36.4 Å². The summed E-state index contributed by atoms with van der Waals surface area (Å²) in [5.74, 6) is -0.626. The summed E-state index contributed by atoms with van der Waals surface area (Å²) in [6, 6.07) is 8.15. The van der Waals surface area contributed by atoms with Crippen LogP contribution in [0.3, 0.4) is 0 Å². The van der Waals surface area contributed by atoms with Crippen LogP contribution in [0.15, 0.2) is 41.3 Å². The third kappa shape index (κ3) is 2.63. The molecule has 2 amide bonds. The molecular weight excluding hydrogens is 348 g/mol. The van der Waals surface area contributed by atoms with Crippen molar-refractivity contribution in [2.24, 2.45) is 5.14 Å². The average Bonchev–Trinajstić information content (AvgIpc) is 2.84. The standard InChI is InChI=1S/C16H14N2O6S/c1-23-12-8-7-11-13(14(12)24-2)16(20)18(15(11)19)9-3-5-10(6-4-9)25(17,21)22/h3-8H,1-2H3,(H2,17,21,22). The average molecular weight is 362 g/mol. The van der Waals surface area contributed by atoms with Crippen molar-refractivity contribution in [3.63, 3.8) is 0 Å². The lowest BCUT2D eigenvalue weighted by molar-refractivity contribution is 0.0925. The lowest BCUT2D eigenvalue weighted by atomic mass is 10.1. The van der Waals surface area contributed by atoms with Crippen molar-refractivity contribution < 1.29 is 27.5 Å². The number of sulfonamides is 1. The van der Waals surface area contributed by atoms with Crippen molar-refractivity contribution in [1.82, 2.24) is 0 Å². The number of methoxy groups -OCH3 is 2. The van der Waals surface area contributed by atoms with E-state index in [0.717, 1.165) is 4.90 Å². The second kappa shape index (κ2) is 5.87. The minimum atomic E-state index is -3.87. The Bertz CT molecular complexity index is 982. The number of ether oxygens (including phenoxy) is 2. The zero-order valence-electron chi connectivity index (χ0n) is 13.3. The number of carbonyl (C=O) groups is 2. The third-order valence-electron chi connectivity index (χ3n) is 3.82. The largest absolute Gasteiger partial charge is 0.493 e. The van der Waals surface area contributed by atoms with Crippen LogP contribution in [-0.4, -0.2) is 34.5 Å². The van der Waals surface area contributed by atoms with Gasteiger partial charge in [0.15, 0.2) is 11.5 Å². The van der Waals surface area contributed by atoms with E-state index in [1.807, 2.05) is 0 Å². The molecule has 0 saturated heterocycles. The molecule has 0 bridgehead atoms. The van der Waals surface area contributed by atoms with Gasteiger partial charge in [0.2, 0.25) is 10.0 Å². The molecule has 130 valence electrons. The number of anilines is 1. The van der Waals surface area contributed by atoms with Gasteiger partial charge in [-0.2, -0.15) is 0 Å². The predicted octanol–water partition coefficient (Wildman–Crippen LogP) is 1.15. The monoisotopic (exact) mass is 362 g/mol. The summed E-state index contributed by atoms with van der Waals surface area (Å²) in [7, 11) is -1.07. The summed E-state index contributed by atoms with van der Waals surface area (Å²) in [6.45, 7) is 0. The molecule has 8 nitrogen and oxygen atoms in total. The minimum Gasteiger partial charge on any atom is -0.493 e. The number of amides is 2. The van der Waals surface area contributed by atoms with E-state index < -0.39 is 21.8 Å². The van der Waals surface area contributed by atoms with Crippen LogP contribution >= 0.6 is 0 Å². The van der Waals surface area contributed by atoms with Crippen molar-refractivity contribution in [2.75, 3.05) is 19.1 Å². The first-order valence-corrected chi connectivity index (χ1v) is 8.61. The summed E-state index contributed by atoms with van der Waals surface area (Å²) in [6.07, 6.45) is 0. The fourth-order valence-electron chi connectivity index (χ4n) is 2.66. The molecule has 0 unspecified atom stereocenters. The molecule has 1 aliphatic heterocycles. The maximum absolute atomic E-state index is 12.8. The van der Waals surface area contributed by atoms with Crippen molar-refractivity contribution in [1.29, 1.82) is 0 Å². The Balaban J connectivity index is 2.09. The molecule has 2 aromatic rings. The summed E-state index contributed by atoms with van der Waals surface area (Å²) in [4.78, 5) is 26.2. The molecule has 25 heavy (non-hydrogen) atoms. The van der Waals surface area contributed by atoms with E-state index in [1.165, 1.54) is 50.6 Å². The summed E-state index contributed by atoms with van der Waals surface area (Å²) < 4.78 is 33.0. The smallest absolute Gasteiger partial charge is 0.270 e. The van der Waals surface area contributed by atoms with Crippen molar-refractivity contribution in [2.45, 2.75) is 4.90 Å². The Morgan fingerprint density at radius 2 is 1.56 bits per heavy atom. The number of hydrogen-bond donors (Lipinski definition) is 1. The maximum Gasteiger partial charge on any atom is 0.270 e. The molecule has 0 aromatic heterocycles. The van der Waals surface area contributed by atoms with Crippen LogP contribution in [0.5, 0.6) is 11.5 Å². The molecule has 0 spiro atoms. The summed E-state index contributed by atoms with van der Waals surface area (Å²) in [5.41, 5.74) is 0.500. The number of primary sulfonamides is 1. The SMILES string of the molecule is COc1ccc2c(c1OC)C(=O)N(c1ccc(S(N)(=O)=O)cc1)C2=O. The van der Waals surface area contributed by atoms with Crippen molar-refractivity contribution >= 4 is 27.5 Å². The van der Waals surface area contributed by atoms with E-state index in [4.69, 9.17) is 14.6 Å². The molecule has 0 atom stereocenters. The topological polar surface area (TPSA) is 116 Å². The molecule has 9 heteroatoms. The van der Waals surface area contributed by atoms with Crippen molar-refractivity contribution in [3.8, 4) is 11.5 Å². The number of carbonyl (C=O) groups excluding carboxylic acids is 2. The second-order valence-corrected chi connectivity index (χ2v) is 6.77. The lowest BCUT2D eigenvalue weighted by Gasteiger charge is -2.14. The number of nitrogens with zero attached hydrogens (tertiary/aromatic N) is 1. The van der Waals surface area contributed by atoms with Crippen LogP contribution in [0.25, 0.3) is 0 Å². The van der Waals surface area contributed by atoms with Gasteiger partial charge in [-0.15, -0.1) is 0 Å². The second-order valence-electron chi connectivity index (χ2n) is 5.21. The van der Waals surface area contributed by atoms with Crippen molar-refractivity contribution in [3.05, 3.63) is 47.5 Å². The Labute approximate surface area is 143 Å². The molecule has 3 rings (SSSR count). The number of fused-ring (bicyclic) bond motifs is 1. The Morgan fingerprint density at radius 1 is 0.920 bits per heavy atom. The first kappa shape index (κ1) is 16.9. The van der Waals surface area contributed by atoms with E-state index in [2.05, 4.69) is 0 Å². The quantitative estimate of drug-likeness (QED) is 0.816. The minimum absolute atomic E-state index is 0.0994. The van der Waals surface area contributed by atoms with Gasteiger partial charge < -0.3 is 9.47 Å². The molecule has 2 N–H and O–H groups in total. The number of rotatable bonds is 4. The van der Waals surface area contributed by atoms with Gasteiger partial charge in [0.25, 0.3) is 11.8 Å². The highest BCUT2D eigenvalue weighted by molar-refractivity contribution is 7.89. The van der Waals surface area contributed by atoms with E-state index >= 15 is 0 Å². The zero-order chi connectivity index (χ0) is 18.4. The van der Waals surface area contributed by atoms with E-state index in [9.17, 15) is 18.0 Å². The molecule has 1 aliphatic rings. The summed E-state index contributed by atoms with van der Waals surface area (Å²) in [5, 5.41) is 5.05. The maximum atomic E-state index is 12.8. The molecule has 0 radical (unpaired) electrons. The van der Waals surface area contributed by atoms with E-state index in [-0.39, 0.29) is 27.5 Å². The first-order valence-electron chi connectivity index (χ1n) is 7.06. The van der Waals surface area contributed by atoms with E-state index in [1.54, 1.807) is 0 Å². The highest BCUT2D eigenvalue weighted by Crippen LogP contribution is 2.39. The highest BCUT2D eigenvalue weighted by Gasteiger charge is 2.40. The number of benzene rings is 2. The zero-order valence-corrected chi connectivity index (χ0v) is 14.2. The molecule has 1 heterocycles. The Morgan fingerprint density at radius 3 is 2.08 bits per heavy atom. The molecular formula is C16H14N2O6S. The van der Waals surface area contributed by atoms with Gasteiger partial charge in [0.05, 0.1) is 35.9 Å². The van der Waals surface area contributed by atoms with Gasteiger partial charge in [0, 0.05) is 0 Å². The van der Waals surface area contributed by atoms with Crippen LogP contribution < -0.4 is 19.5 Å². The van der Waals surface area contributed by atoms with Crippen LogP contribution in [0, 0.1) is 0 Å². The normalized spacial score (nSPS) is 13.8. The highest BCUT2D eigenvalue weighted by atomic mass is 32.2. The molecule has 0 saturated carbocycles. The van der Waals surface area contributed by atoms with Crippen LogP contribution in [-0.2, 0) is 10.0 Å². The van der Waals surface area contributed by atoms with Gasteiger partial charge in [-0.1, -0.05) is 0 Å². The fraction of sp³-hybridized carbons (Fsp3) is 0.125. The Kier molecular flexibility index (Phi) is 3.97. The summed E-state index contributed by atoms with van der Waals surface area (Å²) >= 11 is 0. The number of nitrogens with two attached hydrogens (primary N) is 1. The third-order valence-corrected chi connectivity index (χ3v) is 4.75. The number of hydrogen-bond acceptors (Lipinski definition) is 6. The van der Waals surface area contributed by atoms with E-state index in [0.29, 0.717) is 5.75 Å². The van der Waals surface area contributed by atoms with Gasteiger partial charge >= 0.3 is 0 Å². The van der Waals surface area contributed by atoms with Crippen LogP contribution in [0.2, 0.25) is 0 Å². The first-order chi connectivity index (χ1) is 11.8. The molecule has 0 fully saturated rings. The molecule has 0 aliphatic carbocycles. The van der Waals surface area contributed by atoms with Crippen LogP contribution in [0.1, 0.15) is 20.7 Å².